The number of terminal acetylenes is 1. The Labute approximate surface area is 74.2 Å². The number of rotatable bonds is 1. The van der Waals surface area contributed by atoms with E-state index in [9.17, 15) is 0 Å². The predicted octanol–water partition coefficient (Wildman–Crippen LogP) is 1.92. The molecule has 1 nitrogen and oxygen atoms in total. The molecule has 0 aliphatic heterocycles. The molecule has 0 unspecified atom stereocenters. The number of aliphatic hydroxyl groups is 1. The van der Waals surface area contributed by atoms with E-state index in [-0.39, 0.29) is 6.61 Å². The van der Waals surface area contributed by atoms with Crippen LogP contribution in [0.5, 0.6) is 0 Å². The second kappa shape index (κ2) is 3.56. The highest BCUT2D eigenvalue weighted by Gasteiger charge is 2.00. The van der Waals surface area contributed by atoms with Crippen LogP contribution in [0.25, 0.3) is 0 Å². The van der Waals surface area contributed by atoms with Gasteiger partial charge < -0.3 is 5.11 Å². The van der Waals surface area contributed by atoms with E-state index in [4.69, 9.17) is 11.5 Å². The van der Waals surface area contributed by atoms with Gasteiger partial charge in [-0.05, 0) is 27.6 Å². The number of hydrogen-bond donors (Lipinski definition) is 1. The monoisotopic (exact) mass is 210 g/mol. The van der Waals surface area contributed by atoms with E-state index in [1.165, 1.54) is 0 Å². The molecule has 0 aromatic heterocycles. The molecule has 0 amide bonds. The van der Waals surface area contributed by atoms with Gasteiger partial charge in [-0.25, -0.2) is 0 Å². The molecule has 0 bridgehead atoms. The van der Waals surface area contributed by atoms with Crippen LogP contribution in [0, 0.1) is 12.3 Å². The molecule has 1 N–H and O–H groups in total. The molecule has 56 valence electrons. The maximum Gasteiger partial charge on any atom is 0.0694 e. The Hall–Kier alpha value is -0.780. The Balaban J connectivity index is 3.27. The van der Waals surface area contributed by atoms with Crippen LogP contribution in [0.3, 0.4) is 0 Å². The first kappa shape index (κ1) is 8.32. The molecule has 0 radical (unpaired) electrons. The zero-order valence-corrected chi connectivity index (χ0v) is 7.43. The van der Waals surface area contributed by atoms with Gasteiger partial charge in [0.25, 0.3) is 0 Å². The smallest absolute Gasteiger partial charge is 0.0694 e. The Morgan fingerprint density at radius 1 is 1.55 bits per heavy atom. The highest BCUT2D eigenvalue weighted by atomic mass is 79.9. The molecular weight excluding hydrogens is 204 g/mol. The Kier molecular flexibility index (Phi) is 2.70. The fourth-order valence-electron chi connectivity index (χ4n) is 0.862. The van der Waals surface area contributed by atoms with E-state index in [0.29, 0.717) is 0 Å². The van der Waals surface area contributed by atoms with Gasteiger partial charge in [0.15, 0.2) is 0 Å². The number of aliphatic hydroxyl groups excluding tert-OH is 1. The van der Waals surface area contributed by atoms with Crippen molar-refractivity contribution >= 4 is 15.9 Å². The first-order chi connectivity index (χ1) is 5.29. The summed E-state index contributed by atoms with van der Waals surface area (Å²) in [5.74, 6) is 2.51. The van der Waals surface area contributed by atoms with Crippen LogP contribution in [0.4, 0.5) is 0 Å². The van der Waals surface area contributed by atoms with E-state index in [1.807, 2.05) is 12.1 Å². The lowest BCUT2D eigenvalue weighted by Crippen LogP contribution is -1.89. The minimum atomic E-state index is -0.0149. The lowest BCUT2D eigenvalue weighted by atomic mass is 10.1. The normalized spacial score (nSPS) is 9.18. The third kappa shape index (κ3) is 1.62. The third-order valence-electron chi connectivity index (χ3n) is 1.41. The summed E-state index contributed by atoms with van der Waals surface area (Å²) in [5.41, 5.74) is 1.51. The predicted molar refractivity (Wildman–Crippen MR) is 48.0 cm³/mol. The molecule has 1 rings (SSSR count). The van der Waals surface area contributed by atoms with Crippen molar-refractivity contribution in [3.05, 3.63) is 33.8 Å². The number of hydrogen-bond acceptors (Lipinski definition) is 1. The topological polar surface area (TPSA) is 20.2 Å². The van der Waals surface area contributed by atoms with Crippen molar-refractivity contribution in [1.29, 1.82) is 0 Å². The molecule has 0 heterocycles. The second-order valence-electron chi connectivity index (χ2n) is 2.08. The fraction of sp³-hybridized carbons (Fsp3) is 0.111. The van der Waals surface area contributed by atoms with Crippen LogP contribution in [0.1, 0.15) is 11.1 Å². The van der Waals surface area contributed by atoms with Crippen molar-refractivity contribution in [2.45, 2.75) is 6.61 Å². The summed E-state index contributed by atoms with van der Waals surface area (Å²) >= 11 is 3.29. The minimum absolute atomic E-state index is 0.0149. The van der Waals surface area contributed by atoms with Gasteiger partial charge in [-0.15, -0.1) is 6.42 Å². The zero-order chi connectivity index (χ0) is 8.27. The average Bonchev–Trinajstić information content (AvgIpc) is 2.04. The van der Waals surface area contributed by atoms with Crippen LogP contribution in [0.15, 0.2) is 22.7 Å². The van der Waals surface area contributed by atoms with Crippen molar-refractivity contribution in [3.8, 4) is 12.3 Å². The van der Waals surface area contributed by atoms with Crippen LogP contribution in [-0.4, -0.2) is 5.11 Å². The molecular formula is C9H7BrO. The SMILES string of the molecule is C#Cc1c(Br)cccc1CO. The third-order valence-corrected chi connectivity index (χ3v) is 2.08. The molecule has 2 heteroatoms. The van der Waals surface area contributed by atoms with Gasteiger partial charge in [0, 0.05) is 10.0 Å². The van der Waals surface area contributed by atoms with E-state index in [2.05, 4.69) is 21.9 Å². The van der Waals surface area contributed by atoms with Crippen molar-refractivity contribution in [1.82, 2.24) is 0 Å². The zero-order valence-electron chi connectivity index (χ0n) is 5.84. The van der Waals surface area contributed by atoms with E-state index in [0.717, 1.165) is 15.6 Å². The molecule has 0 saturated carbocycles. The van der Waals surface area contributed by atoms with Crippen LogP contribution >= 0.6 is 15.9 Å². The lowest BCUT2D eigenvalue weighted by Gasteiger charge is -2.01. The Morgan fingerprint density at radius 3 is 2.73 bits per heavy atom. The largest absolute Gasteiger partial charge is 0.392 e. The average molecular weight is 211 g/mol. The van der Waals surface area contributed by atoms with Crippen LogP contribution in [0.2, 0.25) is 0 Å². The van der Waals surface area contributed by atoms with Crippen molar-refractivity contribution < 1.29 is 5.11 Å². The summed E-state index contributed by atoms with van der Waals surface area (Å²) in [4.78, 5) is 0. The summed E-state index contributed by atoms with van der Waals surface area (Å²) in [6.07, 6.45) is 5.24. The van der Waals surface area contributed by atoms with E-state index in [1.54, 1.807) is 6.07 Å². The standard InChI is InChI=1S/C9H7BrO/c1-2-8-7(6-11)4-3-5-9(8)10/h1,3-5,11H,6H2. The molecule has 0 saturated heterocycles. The highest BCUT2D eigenvalue weighted by molar-refractivity contribution is 9.10. The second-order valence-corrected chi connectivity index (χ2v) is 2.93. The summed E-state index contributed by atoms with van der Waals surface area (Å²) in [5, 5.41) is 8.86. The molecule has 11 heavy (non-hydrogen) atoms. The van der Waals surface area contributed by atoms with Crippen LogP contribution < -0.4 is 0 Å². The van der Waals surface area contributed by atoms with Gasteiger partial charge >= 0.3 is 0 Å². The number of halogens is 1. The summed E-state index contributed by atoms with van der Waals surface area (Å²) in [6, 6.07) is 5.50. The summed E-state index contributed by atoms with van der Waals surface area (Å²) < 4.78 is 0.853. The molecule has 1 aromatic rings. The fourth-order valence-corrected chi connectivity index (χ4v) is 1.38. The molecule has 0 aliphatic rings. The molecule has 1 aromatic carbocycles. The maximum absolute atomic E-state index is 8.86. The number of benzene rings is 1. The quantitative estimate of drug-likeness (QED) is 0.703. The highest BCUT2D eigenvalue weighted by Crippen LogP contribution is 2.19. The van der Waals surface area contributed by atoms with Gasteiger partial charge in [-0.2, -0.15) is 0 Å². The maximum atomic E-state index is 8.86. The van der Waals surface area contributed by atoms with Crippen LogP contribution in [-0.2, 0) is 6.61 Å². The molecule has 0 aliphatic carbocycles. The van der Waals surface area contributed by atoms with Crippen molar-refractivity contribution in [2.24, 2.45) is 0 Å². The lowest BCUT2D eigenvalue weighted by molar-refractivity contribution is 0.281. The first-order valence-electron chi connectivity index (χ1n) is 3.14. The van der Waals surface area contributed by atoms with Gasteiger partial charge in [0.2, 0.25) is 0 Å². The molecule has 0 atom stereocenters. The van der Waals surface area contributed by atoms with Crippen molar-refractivity contribution in [2.75, 3.05) is 0 Å². The minimum Gasteiger partial charge on any atom is -0.392 e. The van der Waals surface area contributed by atoms with Gasteiger partial charge in [-0.1, -0.05) is 18.1 Å². The first-order valence-corrected chi connectivity index (χ1v) is 3.93. The van der Waals surface area contributed by atoms with Gasteiger partial charge in [0.05, 0.1) is 6.61 Å². The van der Waals surface area contributed by atoms with Crippen molar-refractivity contribution in [3.63, 3.8) is 0 Å². The molecule has 0 fully saturated rings. The van der Waals surface area contributed by atoms with E-state index < -0.39 is 0 Å². The summed E-state index contributed by atoms with van der Waals surface area (Å²) in [6.45, 7) is -0.0149. The van der Waals surface area contributed by atoms with Gasteiger partial charge in [-0.3, -0.25) is 0 Å². The Bertz CT molecular complexity index is 299. The Morgan fingerprint density at radius 2 is 2.27 bits per heavy atom. The summed E-state index contributed by atoms with van der Waals surface area (Å²) in [7, 11) is 0. The molecule has 0 spiro atoms. The van der Waals surface area contributed by atoms with Gasteiger partial charge in [0.1, 0.15) is 0 Å². The van der Waals surface area contributed by atoms with E-state index >= 15 is 0 Å².